The van der Waals surface area contributed by atoms with Crippen molar-refractivity contribution < 1.29 is 14.4 Å². The number of rotatable bonds is 7. The van der Waals surface area contributed by atoms with Gasteiger partial charge in [0.05, 0.1) is 6.54 Å². The maximum Gasteiger partial charge on any atom is 0.356 e. The average Bonchev–Trinajstić information content (AvgIpc) is 3.26. The summed E-state index contributed by atoms with van der Waals surface area (Å²) in [5, 5.41) is 17.9. The van der Waals surface area contributed by atoms with Crippen LogP contribution >= 0.6 is 0 Å². The number of nitrogens with zero attached hydrogens (tertiary/aromatic N) is 5. The standard InChI is InChI=1S/C18H25N5O3/c1-3-8-23-14-7-6-12(9-13(14)16(20-23)18(24)25)22(2)10-15-19-17(21-26-15)11-4-5-11/h11-12H,3-10H2,1-2H3,(H,24,25)/t12-/m1/s1. The quantitative estimate of drug-likeness (QED) is 0.809. The van der Waals surface area contributed by atoms with Crippen molar-refractivity contribution in [3.8, 4) is 0 Å². The Morgan fingerprint density at radius 1 is 1.38 bits per heavy atom. The molecule has 140 valence electrons. The zero-order valence-electron chi connectivity index (χ0n) is 15.3. The predicted octanol–water partition coefficient (Wildman–Crippen LogP) is 2.24. The number of hydrogen-bond donors (Lipinski definition) is 1. The monoisotopic (exact) mass is 359 g/mol. The van der Waals surface area contributed by atoms with E-state index in [1.807, 2.05) is 11.7 Å². The normalized spacial score (nSPS) is 19.7. The van der Waals surface area contributed by atoms with Crippen molar-refractivity contribution in [3.05, 3.63) is 28.7 Å². The van der Waals surface area contributed by atoms with E-state index in [2.05, 4.69) is 27.1 Å². The van der Waals surface area contributed by atoms with Gasteiger partial charge in [0.15, 0.2) is 11.5 Å². The Morgan fingerprint density at radius 2 is 2.19 bits per heavy atom. The zero-order valence-corrected chi connectivity index (χ0v) is 15.3. The summed E-state index contributed by atoms with van der Waals surface area (Å²) in [4.78, 5) is 18.3. The highest BCUT2D eigenvalue weighted by Crippen LogP contribution is 2.38. The Hall–Kier alpha value is -2.22. The van der Waals surface area contributed by atoms with Gasteiger partial charge < -0.3 is 9.63 Å². The zero-order chi connectivity index (χ0) is 18.3. The Kier molecular flexibility index (Phi) is 4.52. The number of likely N-dealkylation sites (N-methyl/N-ethyl adjacent to an activating group) is 1. The third kappa shape index (κ3) is 3.25. The van der Waals surface area contributed by atoms with Crippen LogP contribution in [-0.2, 0) is 25.9 Å². The third-order valence-corrected chi connectivity index (χ3v) is 5.39. The van der Waals surface area contributed by atoms with Crippen molar-refractivity contribution in [2.45, 2.75) is 70.5 Å². The summed E-state index contributed by atoms with van der Waals surface area (Å²) in [5.41, 5.74) is 2.18. The van der Waals surface area contributed by atoms with Crippen LogP contribution in [0.4, 0.5) is 0 Å². The van der Waals surface area contributed by atoms with Crippen LogP contribution < -0.4 is 0 Å². The van der Waals surface area contributed by atoms with E-state index in [1.165, 1.54) is 0 Å². The van der Waals surface area contributed by atoms with Gasteiger partial charge in [-0.2, -0.15) is 10.1 Å². The lowest BCUT2D eigenvalue weighted by molar-refractivity contribution is 0.0687. The molecule has 0 radical (unpaired) electrons. The van der Waals surface area contributed by atoms with Crippen molar-refractivity contribution in [3.63, 3.8) is 0 Å². The SMILES string of the molecule is CCCn1nc(C(=O)O)c2c1CC[C@@H](N(C)Cc1nc(C3CC3)no1)C2. The second-order valence-corrected chi connectivity index (χ2v) is 7.43. The number of aromatic nitrogens is 4. The van der Waals surface area contributed by atoms with Gasteiger partial charge in [0.2, 0.25) is 5.89 Å². The molecule has 26 heavy (non-hydrogen) atoms. The molecule has 1 saturated carbocycles. The highest BCUT2D eigenvalue weighted by Gasteiger charge is 2.32. The molecular weight excluding hydrogens is 334 g/mol. The lowest BCUT2D eigenvalue weighted by atomic mass is 9.90. The number of aromatic carboxylic acids is 1. The fourth-order valence-electron chi connectivity index (χ4n) is 3.80. The van der Waals surface area contributed by atoms with Gasteiger partial charge in [0, 0.05) is 29.8 Å². The summed E-state index contributed by atoms with van der Waals surface area (Å²) in [6, 6.07) is 0.246. The van der Waals surface area contributed by atoms with E-state index in [-0.39, 0.29) is 11.7 Å². The van der Waals surface area contributed by atoms with Crippen molar-refractivity contribution in [1.29, 1.82) is 0 Å². The number of carbonyl (C=O) groups is 1. The molecule has 2 aromatic rings. The molecule has 2 heterocycles. The second kappa shape index (κ2) is 6.83. The van der Waals surface area contributed by atoms with Gasteiger partial charge >= 0.3 is 5.97 Å². The van der Waals surface area contributed by atoms with Crippen molar-refractivity contribution in [1.82, 2.24) is 24.8 Å². The van der Waals surface area contributed by atoms with E-state index in [0.29, 0.717) is 24.8 Å². The molecule has 2 aromatic heterocycles. The summed E-state index contributed by atoms with van der Waals surface area (Å²) in [6.45, 7) is 3.43. The average molecular weight is 359 g/mol. The largest absolute Gasteiger partial charge is 0.476 e. The first-order chi connectivity index (χ1) is 12.6. The molecule has 1 atom stereocenters. The molecule has 0 aliphatic heterocycles. The molecular formula is C18H25N5O3. The number of fused-ring (bicyclic) bond motifs is 1. The van der Waals surface area contributed by atoms with Gasteiger partial charge in [-0.15, -0.1) is 0 Å². The van der Waals surface area contributed by atoms with E-state index < -0.39 is 5.97 Å². The first-order valence-corrected chi connectivity index (χ1v) is 9.41. The molecule has 0 bridgehead atoms. The highest BCUT2D eigenvalue weighted by molar-refractivity contribution is 5.87. The maximum absolute atomic E-state index is 11.6. The molecule has 0 spiro atoms. The van der Waals surface area contributed by atoms with Crippen LogP contribution in [0.2, 0.25) is 0 Å². The van der Waals surface area contributed by atoms with Crippen LogP contribution in [-0.4, -0.2) is 49.0 Å². The van der Waals surface area contributed by atoms with Crippen LogP contribution in [0.15, 0.2) is 4.52 Å². The first kappa shape index (κ1) is 17.2. The maximum atomic E-state index is 11.6. The van der Waals surface area contributed by atoms with E-state index in [4.69, 9.17) is 4.52 Å². The van der Waals surface area contributed by atoms with Crippen LogP contribution in [0.1, 0.15) is 72.0 Å². The fraction of sp³-hybridized carbons (Fsp3) is 0.667. The number of carboxylic acid groups (broad SMARTS) is 1. The molecule has 2 aliphatic carbocycles. The van der Waals surface area contributed by atoms with Crippen LogP contribution in [0, 0.1) is 0 Å². The molecule has 0 aromatic carbocycles. The molecule has 1 N–H and O–H groups in total. The summed E-state index contributed by atoms with van der Waals surface area (Å²) in [7, 11) is 2.04. The van der Waals surface area contributed by atoms with Gasteiger partial charge in [-0.1, -0.05) is 12.1 Å². The van der Waals surface area contributed by atoms with Gasteiger partial charge in [-0.25, -0.2) is 4.79 Å². The minimum atomic E-state index is -0.939. The molecule has 0 unspecified atom stereocenters. The van der Waals surface area contributed by atoms with E-state index >= 15 is 0 Å². The fourth-order valence-corrected chi connectivity index (χ4v) is 3.80. The third-order valence-electron chi connectivity index (χ3n) is 5.39. The van der Waals surface area contributed by atoms with Crippen molar-refractivity contribution >= 4 is 5.97 Å². The number of aryl methyl sites for hydroxylation is 1. The summed E-state index contributed by atoms with van der Waals surface area (Å²) in [6.07, 6.45) is 5.76. The van der Waals surface area contributed by atoms with Crippen LogP contribution in [0.25, 0.3) is 0 Å². The molecule has 8 heteroatoms. The van der Waals surface area contributed by atoms with E-state index in [0.717, 1.165) is 55.7 Å². The minimum Gasteiger partial charge on any atom is -0.476 e. The second-order valence-electron chi connectivity index (χ2n) is 7.43. The Balaban J connectivity index is 1.48. The molecule has 0 amide bonds. The van der Waals surface area contributed by atoms with E-state index in [1.54, 1.807) is 0 Å². The lowest BCUT2D eigenvalue weighted by Crippen LogP contribution is -2.36. The summed E-state index contributed by atoms with van der Waals surface area (Å²) < 4.78 is 7.27. The Morgan fingerprint density at radius 3 is 2.88 bits per heavy atom. The first-order valence-electron chi connectivity index (χ1n) is 9.41. The van der Waals surface area contributed by atoms with Crippen molar-refractivity contribution in [2.24, 2.45) is 0 Å². The molecule has 8 nitrogen and oxygen atoms in total. The van der Waals surface area contributed by atoms with Crippen LogP contribution in [0.5, 0.6) is 0 Å². The summed E-state index contributed by atoms with van der Waals surface area (Å²) >= 11 is 0. The predicted molar refractivity (Wildman–Crippen MR) is 93.0 cm³/mol. The topological polar surface area (TPSA) is 97.3 Å². The van der Waals surface area contributed by atoms with Crippen LogP contribution in [0.3, 0.4) is 0 Å². The van der Waals surface area contributed by atoms with Crippen molar-refractivity contribution in [2.75, 3.05) is 7.05 Å². The highest BCUT2D eigenvalue weighted by atomic mass is 16.5. The van der Waals surface area contributed by atoms with Gasteiger partial charge in [-0.3, -0.25) is 9.58 Å². The number of hydrogen-bond acceptors (Lipinski definition) is 6. The van der Waals surface area contributed by atoms with Gasteiger partial charge in [0.1, 0.15) is 0 Å². The smallest absolute Gasteiger partial charge is 0.356 e. The Bertz CT molecular complexity index is 808. The van der Waals surface area contributed by atoms with Gasteiger partial charge in [0.25, 0.3) is 0 Å². The summed E-state index contributed by atoms with van der Waals surface area (Å²) in [5.74, 6) is 1.01. The van der Waals surface area contributed by atoms with E-state index in [9.17, 15) is 9.90 Å². The minimum absolute atomic E-state index is 0.209. The molecule has 4 rings (SSSR count). The lowest BCUT2D eigenvalue weighted by Gasteiger charge is -2.30. The number of carboxylic acids is 1. The molecule has 0 saturated heterocycles. The Labute approximate surface area is 152 Å². The molecule has 1 fully saturated rings. The van der Waals surface area contributed by atoms with Gasteiger partial charge in [-0.05, 0) is 45.6 Å². The molecule has 2 aliphatic rings.